The lowest BCUT2D eigenvalue weighted by molar-refractivity contribution is -0.131. The van der Waals surface area contributed by atoms with E-state index in [1.807, 2.05) is 19.4 Å². The first-order valence-electron chi connectivity index (χ1n) is 5.12. The maximum atomic E-state index is 11.7. The Hall–Kier alpha value is -0.870. The summed E-state index contributed by atoms with van der Waals surface area (Å²) in [6, 6.07) is 2.18. The molecular formula is C11H18N2OS. The fourth-order valence-electron chi connectivity index (χ4n) is 1.27. The number of amides is 1. The summed E-state index contributed by atoms with van der Waals surface area (Å²) in [4.78, 5) is 13.4. The van der Waals surface area contributed by atoms with Crippen LogP contribution in [0, 0.1) is 0 Å². The van der Waals surface area contributed by atoms with Crippen molar-refractivity contribution in [3.8, 4) is 0 Å². The van der Waals surface area contributed by atoms with Gasteiger partial charge >= 0.3 is 0 Å². The van der Waals surface area contributed by atoms with Gasteiger partial charge in [-0.25, -0.2) is 0 Å². The molecule has 1 rings (SSSR count). The number of nitrogens with zero attached hydrogens (tertiary/aromatic N) is 1. The van der Waals surface area contributed by atoms with E-state index in [9.17, 15) is 4.79 Å². The van der Waals surface area contributed by atoms with Crippen LogP contribution in [0.4, 0.5) is 0 Å². The molecule has 0 saturated heterocycles. The Morgan fingerprint density at radius 2 is 2.40 bits per heavy atom. The second-order valence-corrected chi connectivity index (χ2v) is 4.50. The zero-order chi connectivity index (χ0) is 11.3. The minimum absolute atomic E-state index is 0.125. The predicted molar refractivity (Wildman–Crippen MR) is 63.9 cm³/mol. The molecule has 1 aromatic rings. The molecule has 0 aromatic carbocycles. The minimum Gasteiger partial charge on any atom is -0.342 e. The van der Waals surface area contributed by atoms with E-state index < -0.39 is 0 Å². The first-order valence-corrected chi connectivity index (χ1v) is 6.06. The molecule has 0 aliphatic carbocycles. The number of carbonyl (C=O) groups excluding carboxylic acids is 1. The van der Waals surface area contributed by atoms with Crippen LogP contribution in [0.2, 0.25) is 0 Å². The van der Waals surface area contributed by atoms with Gasteiger partial charge in [0.1, 0.15) is 0 Å². The second-order valence-electron chi connectivity index (χ2n) is 3.72. The first-order chi connectivity index (χ1) is 7.15. The van der Waals surface area contributed by atoms with Crippen LogP contribution in [-0.2, 0) is 11.2 Å². The normalized spacial score (nSPS) is 12.5. The van der Waals surface area contributed by atoms with Crippen LogP contribution in [0.1, 0.15) is 18.9 Å². The van der Waals surface area contributed by atoms with Crippen LogP contribution in [0.3, 0.4) is 0 Å². The van der Waals surface area contributed by atoms with Crippen molar-refractivity contribution in [1.29, 1.82) is 0 Å². The van der Waals surface area contributed by atoms with E-state index >= 15 is 0 Å². The number of rotatable bonds is 5. The van der Waals surface area contributed by atoms with Crippen molar-refractivity contribution in [2.24, 2.45) is 5.73 Å². The zero-order valence-corrected chi connectivity index (χ0v) is 10.1. The molecule has 0 fully saturated rings. The Morgan fingerprint density at radius 1 is 1.67 bits per heavy atom. The highest BCUT2D eigenvalue weighted by Crippen LogP contribution is 2.09. The van der Waals surface area contributed by atoms with Gasteiger partial charge in [-0.05, 0) is 35.7 Å². The second kappa shape index (κ2) is 5.88. The van der Waals surface area contributed by atoms with E-state index in [4.69, 9.17) is 5.73 Å². The maximum Gasteiger partial charge on any atom is 0.222 e. The molecule has 2 N–H and O–H groups in total. The molecule has 1 amide bonds. The van der Waals surface area contributed by atoms with Crippen LogP contribution >= 0.6 is 11.3 Å². The van der Waals surface area contributed by atoms with Crippen molar-refractivity contribution in [2.75, 3.05) is 13.6 Å². The third-order valence-corrected chi connectivity index (χ3v) is 3.34. The van der Waals surface area contributed by atoms with Crippen molar-refractivity contribution in [3.05, 3.63) is 22.4 Å². The molecular weight excluding hydrogens is 208 g/mol. The van der Waals surface area contributed by atoms with Crippen LogP contribution in [0.25, 0.3) is 0 Å². The standard InChI is InChI=1S/C11H18N2OS/c1-9(7-12)13(2)11(14)4-3-10-5-6-15-8-10/h5-6,8-9H,3-4,7,12H2,1-2H3/t9-/m0/s1. The van der Waals surface area contributed by atoms with Crippen LogP contribution in [0.5, 0.6) is 0 Å². The van der Waals surface area contributed by atoms with Gasteiger partial charge in [-0.15, -0.1) is 0 Å². The maximum absolute atomic E-state index is 11.7. The lowest BCUT2D eigenvalue weighted by Gasteiger charge is -2.23. The van der Waals surface area contributed by atoms with Crippen molar-refractivity contribution < 1.29 is 4.79 Å². The molecule has 0 aliphatic heterocycles. The van der Waals surface area contributed by atoms with E-state index in [0.717, 1.165) is 6.42 Å². The Bertz CT molecular complexity index is 298. The molecule has 0 bridgehead atoms. The van der Waals surface area contributed by atoms with Crippen molar-refractivity contribution in [3.63, 3.8) is 0 Å². The number of likely N-dealkylation sites (N-methyl/N-ethyl adjacent to an activating group) is 1. The van der Waals surface area contributed by atoms with Crippen molar-refractivity contribution in [1.82, 2.24) is 4.90 Å². The highest BCUT2D eigenvalue weighted by Gasteiger charge is 2.13. The van der Waals surface area contributed by atoms with Crippen molar-refractivity contribution >= 4 is 17.2 Å². The molecule has 4 heteroatoms. The Balaban J connectivity index is 2.36. The van der Waals surface area contributed by atoms with Gasteiger partial charge in [-0.3, -0.25) is 4.79 Å². The molecule has 3 nitrogen and oxygen atoms in total. The molecule has 0 aliphatic rings. The summed E-state index contributed by atoms with van der Waals surface area (Å²) in [5.41, 5.74) is 6.75. The van der Waals surface area contributed by atoms with Gasteiger partial charge in [0.05, 0.1) is 0 Å². The summed E-state index contributed by atoms with van der Waals surface area (Å²) in [6.07, 6.45) is 1.39. The van der Waals surface area contributed by atoms with Gasteiger partial charge in [-0.2, -0.15) is 11.3 Å². The molecule has 0 unspecified atom stereocenters. The lowest BCUT2D eigenvalue weighted by atomic mass is 10.1. The minimum atomic E-state index is 0.125. The molecule has 0 saturated carbocycles. The number of hydrogen-bond acceptors (Lipinski definition) is 3. The number of aryl methyl sites for hydroxylation is 1. The Labute approximate surface area is 94.9 Å². The van der Waals surface area contributed by atoms with Crippen LogP contribution in [-0.4, -0.2) is 30.4 Å². The fourth-order valence-corrected chi connectivity index (χ4v) is 1.97. The molecule has 0 radical (unpaired) electrons. The zero-order valence-electron chi connectivity index (χ0n) is 9.27. The van der Waals surface area contributed by atoms with E-state index in [1.54, 1.807) is 16.2 Å². The first kappa shape index (κ1) is 12.2. The van der Waals surface area contributed by atoms with E-state index in [1.165, 1.54) is 5.56 Å². The Morgan fingerprint density at radius 3 is 2.93 bits per heavy atom. The predicted octanol–water partition coefficient (Wildman–Crippen LogP) is 1.49. The number of hydrogen-bond donors (Lipinski definition) is 1. The smallest absolute Gasteiger partial charge is 0.222 e. The quantitative estimate of drug-likeness (QED) is 0.826. The SMILES string of the molecule is C[C@@H](CN)N(C)C(=O)CCc1ccsc1. The van der Waals surface area contributed by atoms with Crippen molar-refractivity contribution in [2.45, 2.75) is 25.8 Å². The molecule has 15 heavy (non-hydrogen) atoms. The summed E-state index contributed by atoms with van der Waals surface area (Å²) in [5, 5.41) is 4.12. The van der Waals surface area contributed by atoms with E-state index in [-0.39, 0.29) is 11.9 Å². The molecule has 84 valence electrons. The van der Waals surface area contributed by atoms with Gasteiger partial charge in [-0.1, -0.05) is 0 Å². The monoisotopic (exact) mass is 226 g/mol. The van der Waals surface area contributed by atoms with Gasteiger partial charge in [0, 0.05) is 26.1 Å². The van der Waals surface area contributed by atoms with Crippen LogP contribution in [0.15, 0.2) is 16.8 Å². The molecule has 1 atom stereocenters. The summed E-state index contributed by atoms with van der Waals surface area (Å²) in [6.45, 7) is 2.48. The van der Waals surface area contributed by atoms with E-state index in [2.05, 4.69) is 11.4 Å². The summed E-state index contributed by atoms with van der Waals surface area (Å²) < 4.78 is 0. The third-order valence-electron chi connectivity index (χ3n) is 2.60. The van der Waals surface area contributed by atoms with Gasteiger partial charge in [0.2, 0.25) is 5.91 Å². The number of nitrogens with two attached hydrogens (primary N) is 1. The molecule has 0 spiro atoms. The number of carbonyl (C=O) groups is 1. The number of thiophene rings is 1. The highest BCUT2D eigenvalue weighted by molar-refractivity contribution is 7.07. The average molecular weight is 226 g/mol. The van der Waals surface area contributed by atoms with Crippen LogP contribution < -0.4 is 5.73 Å². The Kier molecular flexibility index (Phi) is 4.78. The molecule has 1 aromatic heterocycles. The largest absolute Gasteiger partial charge is 0.342 e. The summed E-state index contributed by atoms with van der Waals surface area (Å²) in [7, 11) is 1.81. The highest BCUT2D eigenvalue weighted by atomic mass is 32.1. The molecule has 1 heterocycles. The topological polar surface area (TPSA) is 46.3 Å². The fraction of sp³-hybridized carbons (Fsp3) is 0.545. The summed E-state index contributed by atoms with van der Waals surface area (Å²) in [5.74, 6) is 0.166. The lowest BCUT2D eigenvalue weighted by Crippen LogP contribution is -2.39. The van der Waals surface area contributed by atoms with E-state index in [0.29, 0.717) is 13.0 Å². The van der Waals surface area contributed by atoms with Gasteiger partial charge < -0.3 is 10.6 Å². The average Bonchev–Trinajstić information content (AvgIpc) is 2.76. The summed E-state index contributed by atoms with van der Waals surface area (Å²) >= 11 is 1.67. The van der Waals surface area contributed by atoms with Gasteiger partial charge in [0.15, 0.2) is 0 Å². The third kappa shape index (κ3) is 3.64. The van der Waals surface area contributed by atoms with Gasteiger partial charge in [0.25, 0.3) is 0 Å².